The van der Waals surface area contributed by atoms with E-state index in [4.69, 9.17) is 23.2 Å². The Balaban J connectivity index is 2.56. The molecule has 0 spiro atoms. The molecule has 0 aromatic heterocycles. The number of hydrogen-bond acceptors (Lipinski definition) is 1. The SMILES string of the molecule is Fc1ccc(OC(F)F)c(-c2ccc(Cl)cc2Cl)c1. The van der Waals surface area contributed by atoms with Crippen LogP contribution in [0.5, 0.6) is 5.75 Å². The van der Waals surface area contributed by atoms with Gasteiger partial charge in [0.15, 0.2) is 0 Å². The molecule has 0 saturated heterocycles. The van der Waals surface area contributed by atoms with Crippen molar-refractivity contribution < 1.29 is 17.9 Å². The fraction of sp³-hybridized carbons (Fsp3) is 0.0769. The molecule has 2 aromatic rings. The lowest BCUT2D eigenvalue weighted by Crippen LogP contribution is -2.03. The van der Waals surface area contributed by atoms with Crippen molar-refractivity contribution in [3.63, 3.8) is 0 Å². The Morgan fingerprint density at radius 1 is 0.947 bits per heavy atom. The van der Waals surface area contributed by atoms with Crippen LogP contribution >= 0.6 is 23.2 Å². The van der Waals surface area contributed by atoms with E-state index < -0.39 is 12.4 Å². The Morgan fingerprint density at radius 2 is 1.68 bits per heavy atom. The summed E-state index contributed by atoms with van der Waals surface area (Å²) < 4.78 is 42.2. The maximum absolute atomic E-state index is 13.3. The van der Waals surface area contributed by atoms with Gasteiger partial charge in [0, 0.05) is 16.1 Å². The van der Waals surface area contributed by atoms with E-state index in [-0.39, 0.29) is 16.3 Å². The summed E-state index contributed by atoms with van der Waals surface area (Å²) in [5.41, 5.74) is 0.503. The predicted molar refractivity (Wildman–Crippen MR) is 68.5 cm³/mol. The molecule has 0 saturated carbocycles. The zero-order valence-corrected chi connectivity index (χ0v) is 10.9. The molecule has 0 aliphatic heterocycles. The second kappa shape index (κ2) is 5.72. The molecule has 0 fully saturated rings. The topological polar surface area (TPSA) is 9.23 Å². The Bertz CT molecular complexity index is 602. The van der Waals surface area contributed by atoms with Crippen LogP contribution in [0.3, 0.4) is 0 Å². The molecule has 0 N–H and O–H groups in total. The van der Waals surface area contributed by atoms with Crippen molar-refractivity contribution >= 4 is 23.2 Å². The largest absolute Gasteiger partial charge is 0.434 e. The summed E-state index contributed by atoms with van der Waals surface area (Å²) in [5, 5.41) is 0.610. The number of benzene rings is 2. The molecule has 0 atom stereocenters. The second-order valence-corrected chi connectivity index (χ2v) is 4.49. The molecule has 0 unspecified atom stereocenters. The van der Waals surface area contributed by atoms with Gasteiger partial charge < -0.3 is 4.74 Å². The van der Waals surface area contributed by atoms with Crippen LogP contribution in [0.4, 0.5) is 13.2 Å². The highest BCUT2D eigenvalue weighted by Crippen LogP contribution is 2.37. The number of hydrogen-bond donors (Lipinski definition) is 0. The van der Waals surface area contributed by atoms with Crippen molar-refractivity contribution in [2.24, 2.45) is 0 Å². The van der Waals surface area contributed by atoms with E-state index in [0.29, 0.717) is 10.6 Å². The smallest absolute Gasteiger partial charge is 0.387 e. The van der Waals surface area contributed by atoms with E-state index in [9.17, 15) is 13.2 Å². The fourth-order valence-electron chi connectivity index (χ4n) is 1.62. The summed E-state index contributed by atoms with van der Waals surface area (Å²) in [7, 11) is 0. The zero-order valence-electron chi connectivity index (χ0n) is 9.34. The molecule has 100 valence electrons. The van der Waals surface area contributed by atoms with Crippen LogP contribution in [0.1, 0.15) is 0 Å². The van der Waals surface area contributed by atoms with Gasteiger partial charge in [0.1, 0.15) is 11.6 Å². The van der Waals surface area contributed by atoms with Gasteiger partial charge in [0.05, 0.1) is 5.02 Å². The molecule has 0 bridgehead atoms. The van der Waals surface area contributed by atoms with Crippen LogP contribution in [-0.2, 0) is 0 Å². The minimum atomic E-state index is -3.00. The lowest BCUT2D eigenvalue weighted by molar-refractivity contribution is -0.0494. The van der Waals surface area contributed by atoms with Crippen LogP contribution in [0.15, 0.2) is 36.4 Å². The summed E-state index contributed by atoms with van der Waals surface area (Å²) in [6.07, 6.45) is 0. The number of halogens is 5. The summed E-state index contributed by atoms with van der Waals surface area (Å²) in [5.74, 6) is -0.733. The summed E-state index contributed by atoms with van der Waals surface area (Å²) >= 11 is 11.7. The average molecular weight is 307 g/mol. The molecule has 0 aliphatic rings. The van der Waals surface area contributed by atoms with Crippen LogP contribution in [0.2, 0.25) is 10.0 Å². The van der Waals surface area contributed by atoms with Gasteiger partial charge >= 0.3 is 6.61 Å². The van der Waals surface area contributed by atoms with E-state index in [2.05, 4.69) is 4.74 Å². The number of ether oxygens (including phenoxy) is 1. The Labute approximate surface area is 117 Å². The molecule has 0 radical (unpaired) electrons. The highest BCUT2D eigenvalue weighted by atomic mass is 35.5. The van der Waals surface area contributed by atoms with Crippen molar-refractivity contribution in [3.05, 3.63) is 52.3 Å². The summed E-state index contributed by atoms with van der Waals surface area (Å²) in [4.78, 5) is 0. The monoisotopic (exact) mass is 306 g/mol. The Kier molecular flexibility index (Phi) is 4.22. The number of rotatable bonds is 3. The van der Waals surface area contributed by atoms with E-state index in [1.54, 1.807) is 0 Å². The van der Waals surface area contributed by atoms with Gasteiger partial charge in [-0.1, -0.05) is 29.3 Å². The van der Waals surface area contributed by atoms with Crippen molar-refractivity contribution in [3.8, 4) is 16.9 Å². The van der Waals surface area contributed by atoms with Gasteiger partial charge in [-0.15, -0.1) is 0 Å². The Morgan fingerprint density at radius 3 is 2.32 bits per heavy atom. The predicted octanol–water partition coefficient (Wildman–Crippen LogP) is 5.40. The molecule has 2 rings (SSSR count). The quantitative estimate of drug-likeness (QED) is 0.737. The lowest BCUT2D eigenvalue weighted by Gasteiger charge is -2.12. The lowest BCUT2D eigenvalue weighted by atomic mass is 10.0. The van der Waals surface area contributed by atoms with E-state index in [1.165, 1.54) is 18.2 Å². The maximum atomic E-state index is 13.3. The molecule has 0 aliphatic carbocycles. The van der Waals surface area contributed by atoms with E-state index >= 15 is 0 Å². The van der Waals surface area contributed by atoms with Gasteiger partial charge in [-0.3, -0.25) is 0 Å². The number of alkyl halides is 2. The molecule has 0 heterocycles. The van der Waals surface area contributed by atoms with Crippen molar-refractivity contribution in [1.29, 1.82) is 0 Å². The molecular weight excluding hydrogens is 300 g/mol. The normalized spacial score (nSPS) is 10.8. The highest BCUT2D eigenvalue weighted by Gasteiger charge is 2.14. The van der Waals surface area contributed by atoms with Crippen LogP contribution in [0.25, 0.3) is 11.1 Å². The summed E-state index contributed by atoms with van der Waals surface area (Å²) in [6.45, 7) is -3.00. The zero-order chi connectivity index (χ0) is 14.0. The third-order valence-electron chi connectivity index (χ3n) is 2.38. The van der Waals surface area contributed by atoms with Gasteiger partial charge in [-0.2, -0.15) is 8.78 Å². The van der Waals surface area contributed by atoms with Crippen molar-refractivity contribution in [2.75, 3.05) is 0 Å². The highest BCUT2D eigenvalue weighted by molar-refractivity contribution is 6.36. The van der Waals surface area contributed by atoms with E-state index in [0.717, 1.165) is 18.2 Å². The molecule has 0 amide bonds. The first-order valence-electron chi connectivity index (χ1n) is 5.17. The third kappa shape index (κ3) is 3.33. The first-order valence-corrected chi connectivity index (χ1v) is 5.93. The molecule has 19 heavy (non-hydrogen) atoms. The minimum Gasteiger partial charge on any atom is -0.434 e. The standard InChI is InChI=1S/C13H7Cl2F3O/c14-7-1-3-9(11(15)5-7)10-6-8(16)2-4-12(10)19-13(17)18/h1-6,13H. The second-order valence-electron chi connectivity index (χ2n) is 3.64. The third-order valence-corrected chi connectivity index (χ3v) is 2.93. The van der Waals surface area contributed by atoms with Crippen LogP contribution in [0, 0.1) is 5.82 Å². The first-order chi connectivity index (χ1) is 8.97. The van der Waals surface area contributed by atoms with Gasteiger partial charge in [-0.05, 0) is 30.3 Å². The first kappa shape index (κ1) is 14.0. The van der Waals surface area contributed by atoms with Gasteiger partial charge in [0.2, 0.25) is 0 Å². The maximum Gasteiger partial charge on any atom is 0.387 e. The van der Waals surface area contributed by atoms with Crippen LogP contribution < -0.4 is 4.74 Å². The average Bonchev–Trinajstić information content (AvgIpc) is 2.31. The molecule has 1 nitrogen and oxygen atoms in total. The summed E-state index contributed by atoms with van der Waals surface area (Å²) in [6, 6.07) is 7.72. The van der Waals surface area contributed by atoms with Gasteiger partial charge in [-0.25, -0.2) is 4.39 Å². The molecule has 2 aromatic carbocycles. The molecule has 6 heteroatoms. The van der Waals surface area contributed by atoms with Crippen molar-refractivity contribution in [2.45, 2.75) is 6.61 Å². The van der Waals surface area contributed by atoms with Gasteiger partial charge in [0.25, 0.3) is 0 Å². The molecular formula is C13H7Cl2F3O. The fourth-order valence-corrected chi connectivity index (χ4v) is 2.13. The van der Waals surface area contributed by atoms with E-state index in [1.807, 2.05) is 0 Å². The van der Waals surface area contributed by atoms with Crippen molar-refractivity contribution in [1.82, 2.24) is 0 Å². The minimum absolute atomic E-state index is 0.141. The Hall–Kier alpha value is -1.39. The van der Waals surface area contributed by atoms with Crippen LogP contribution in [-0.4, -0.2) is 6.61 Å².